The van der Waals surface area contributed by atoms with Crippen LogP contribution in [-0.2, 0) is 12.4 Å². The van der Waals surface area contributed by atoms with Crippen molar-refractivity contribution in [2.45, 2.75) is 12.4 Å². The fourth-order valence-electron chi connectivity index (χ4n) is 2.62. The van der Waals surface area contributed by atoms with E-state index in [4.69, 9.17) is 17.0 Å². The number of ether oxygens (including phenoxy) is 1. The van der Waals surface area contributed by atoms with E-state index in [1.54, 1.807) is 30.3 Å². The standard InChI is InChI=1S/C21H14F6N4O2S/c22-20(23,24)12-9-13(21(25,26)27)11-14(10-12)29-19(34)31-30-17(32)16-7-4-8-28-18(16)33-15-5-2-1-3-6-15/h1-11H,(H,30,32)(H2,29,31,34). The number of aromatic nitrogens is 1. The molecule has 0 aliphatic carbocycles. The van der Waals surface area contributed by atoms with Crippen LogP contribution in [0.1, 0.15) is 21.5 Å². The topological polar surface area (TPSA) is 75.3 Å². The van der Waals surface area contributed by atoms with E-state index < -0.39 is 40.2 Å². The van der Waals surface area contributed by atoms with Crippen molar-refractivity contribution >= 4 is 28.9 Å². The summed E-state index contributed by atoms with van der Waals surface area (Å²) in [7, 11) is 0. The van der Waals surface area contributed by atoms with Gasteiger partial charge in [0.2, 0.25) is 5.88 Å². The third-order valence-electron chi connectivity index (χ3n) is 4.11. The highest BCUT2D eigenvalue weighted by Gasteiger charge is 2.37. The van der Waals surface area contributed by atoms with Crippen LogP contribution >= 0.6 is 12.2 Å². The molecule has 0 radical (unpaired) electrons. The average molecular weight is 500 g/mol. The van der Waals surface area contributed by atoms with Crippen LogP contribution in [0.4, 0.5) is 32.0 Å². The first kappa shape index (κ1) is 24.8. The van der Waals surface area contributed by atoms with Gasteiger partial charge in [-0.2, -0.15) is 26.3 Å². The van der Waals surface area contributed by atoms with Crippen molar-refractivity contribution in [2.75, 3.05) is 5.32 Å². The number of hydrogen-bond acceptors (Lipinski definition) is 4. The molecule has 0 saturated heterocycles. The molecule has 0 bridgehead atoms. The number of amides is 1. The summed E-state index contributed by atoms with van der Waals surface area (Å²) >= 11 is 4.87. The molecule has 178 valence electrons. The van der Waals surface area contributed by atoms with Gasteiger partial charge in [0.15, 0.2) is 5.11 Å². The Kier molecular flexibility index (Phi) is 7.25. The number of carbonyl (C=O) groups is 1. The number of hydrogen-bond donors (Lipinski definition) is 3. The van der Waals surface area contributed by atoms with Crippen molar-refractivity contribution in [2.24, 2.45) is 0 Å². The van der Waals surface area contributed by atoms with Crippen LogP contribution in [-0.4, -0.2) is 16.0 Å². The van der Waals surface area contributed by atoms with Gasteiger partial charge in [0, 0.05) is 11.9 Å². The van der Waals surface area contributed by atoms with Crippen LogP contribution in [0.2, 0.25) is 0 Å². The molecule has 0 atom stereocenters. The van der Waals surface area contributed by atoms with Gasteiger partial charge < -0.3 is 10.1 Å². The number of hydrazine groups is 1. The molecule has 6 nitrogen and oxygen atoms in total. The number of para-hydroxylation sites is 1. The number of nitrogens with zero attached hydrogens (tertiary/aromatic N) is 1. The Bertz CT molecular complexity index is 1150. The molecule has 0 aliphatic rings. The molecule has 3 aromatic rings. The molecular weight excluding hydrogens is 486 g/mol. The molecule has 34 heavy (non-hydrogen) atoms. The van der Waals surface area contributed by atoms with E-state index in [1.165, 1.54) is 18.3 Å². The predicted molar refractivity (Wildman–Crippen MR) is 114 cm³/mol. The van der Waals surface area contributed by atoms with Crippen molar-refractivity contribution < 1.29 is 35.9 Å². The van der Waals surface area contributed by atoms with E-state index in [-0.39, 0.29) is 17.5 Å². The van der Waals surface area contributed by atoms with Crippen molar-refractivity contribution in [3.05, 3.63) is 83.6 Å². The van der Waals surface area contributed by atoms with Crippen LogP contribution in [0.5, 0.6) is 11.6 Å². The van der Waals surface area contributed by atoms with E-state index in [1.807, 2.05) is 0 Å². The highest BCUT2D eigenvalue weighted by atomic mass is 32.1. The number of benzene rings is 2. The highest BCUT2D eigenvalue weighted by Crippen LogP contribution is 2.37. The van der Waals surface area contributed by atoms with Crippen LogP contribution < -0.4 is 20.9 Å². The molecule has 13 heteroatoms. The van der Waals surface area contributed by atoms with Crippen molar-refractivity contribution in [1.82, 2.24) is 15.8 Å². The minimum Gasteiger partial charge on any atom is -0.438 e. The highest BCUT2D eigenvalue weighted by molar-refractivity contribution is 7.80. The van der Waals surface area contributed by atoms with Gasteiger partial charge >= 0.3 is 12.4 Å². The summed E-state index contributed by atoms with van der Waals surface area (Å²) in [4.78, 5) is 16.5. The zero-order valence-electron chi connectivity index (χ0n) is 16.8. The van der Waals surface area contributed by atoms with Gasteiger partial charge in [-0.15, -0.1) is 0 Å². The molecule has 0 unspecified atom stereocenters. The second-order valence-corrected chi connectivity index (χ2v) is 7.01. The first-order valence-corrected chi connectivity index (χ1v) is 9.69. The van der Waals surface area contributed by atoms with Gasteiger partial charge in [-0.3, -0.25) is 15.6 Å². The van der Waals surface area contributed by atoms with Gasteiger partial charge in [0.05, 0.1) is 11.1 Å². The quantitative estimate of drug-likeness (QED) is 0.248. The average Bonchev–Trinajstić information content (AvgIpc) is 2.77. The Labute approximate surface area is 193 Å². The molecule has 0 spiro atoms. The molecule has 1 heterocycles. The maximum absolute atomic E-state index is 13.0. The first-order valence-electron chi connectivity index (χ1n) is 9.28. The number of thiocarbonyl (C=S) groups is 1. The fourth-order valence-corrected chi connectivity index (χ4v) is 2.78. The number of nitrogens with one attached hydrogen (secondary N) is 3. The largest absolute Gasteiger partial charge is 0.438 e. The fraction of sp³-hybridized carbons (Fsp3) is 0.0952. The van der Waals surface area contributed by atoms with Crippen molar-refractivity contribution in [1.29, 1.82) is 0 Å². The molecule has 0 saturated carbocycles. The minimum atomic E-state index is -5.02. The summed E-state index contributed by atoms with van der Waals surface area (Å²) in [5.41, 5.74) is 0.758. The van der Waals surface area contributed by atoms with E-state index in [0.717, 1.165) is 0 Å². The van der Waals surface area contributed by atoms with Crippen LogP contribution in [0, 0.1) is 0 Å². The van der Waals surface area contributed by atoms with Crippen molar-refractivity contribution in [3.63, 3.8) is 0 Å². The second-order valence-electron chi connectivity index (χ2n) is 6.60. The summed E-state index contributed by atoms with van der Waals surface area (Å²) in [5, 5.41) is 1.72. The maximum atomic E-state index is 13.0. The summed E-state index contributed by atoms with van der Waals surface area (Å²) in [6.45, 7) is 0. The number of pyridine rings is 1. The zero-order chi connectivity index (χ0) is 24.9. The minimum absolute atomic E-state index is 0.0138. The van der Waals surface area contributed by atoms with E-state index in [9.17, 15) is 31.1 Å². The Hall–Kier alpha value is -3.87. The predicted octanol–water partition coefficient (Wildman–Crippen LogP) is 5.54. The van der Waals surface area contributed by atoms with E-state index >= 15 is 0 Å². The third-order valence-corrected chi connectivity index (χ3v) is 4.31. The van der Waals surface area contributed by atoms with Gasteiger partial charge in [-0.1, -0.05) is 18.2 Å². The molecular formula is C21H14F6N4O2S. The smallest absolute Gasteiger partial charge is 0.416 e. The Morgan fingerprint density at radius 2 is 1.47 bits per heavy atom. The lowest BCUT2D eigenvalue weighted by Gasteiger charge is -2.16. The maximum Gasteiger partial charge on any atom is 0.416 e. The lowest BCUT2D eigenvalue weighted by atomic mass is 10.1. The van der Waals surface area contributed by atoms with Crippen LogP contribution in [0.15, 0.2) is 66.9 Å². The van der Waals surface area contributed by atoms with Gasteiger partial charge in [0.1, 0.15) is 11.3 Å². The number of rotatable bonds is 4. The molecule has 3 rings (SSSR count). The summed E-state index contributed by atoms with van der Waals surface area (Å²) in [5.74, 6) is -0.409. The summed E-state index contributed by atoms with van der Waals surface area (Å²) in [6, 6.07) is 12.2. The molecule has 1 aromatic heterocycles. The Balaban J connectivity index is 1.70. The summed E-state index contributed by atoms with van der Waals surface area (Å²) < 4.78 is 83.5. The summed E-state index contributed by atoms with van der Waals surface area (Å²) in [6.07, 6.45) is -8.65. The van der Waals surface area contributed by atoms with Crippen LogP contribution in [0.25, 0.3) is 0 Å². The number of anilines is 1. The van der Waals surface area contributed by atoms with Crippen LogP contribution in [0.3, 0.4) is 0 Å². The molecule has 2 aromatic carbocycles. The van der Waals surface area contributed by atoms with Gasteiger partial charge in [-0.05, 0) is 54.7 Å². The molecule has 0 aliphatic heterocycles. The Morgan fingerprint density at radius 3 is 2.06 bits per heavy atom. The Morgan fingerprint density at radius 1 is 0.853 bits per heavy atom. The van der Waals surface area contributed by atoms with Gasteiger partial charge in [0.25, 0.3) is 5.91 Å². The second kappa shape index (κ2) is 9.95. The molecule has 1 amide bonds. The molecule has 0 fully saturated rings. The monoisotopic (exact) mass is 500 g/mol. The van der Waals surface area contributed by atoms with E-state index in [0.29, 0.717) is 17.9 Å². The van der Waals surface area contributed by atoms with Crippen molar-refractivity contribution in [3.8, 4) is 11.6 Å². The normalized spacial score (nSPS) is 11.5. The van der Waals surface area contributed by atoms with E-state index in [2.05, 4.69) is 21.2 Å². The third kappa shape index (κ3) is 6.57. The zero-order valence-corrected chi connectivity index (χ0v) is 17.6. The SMILES string of the molecule is O=C(NNC(=S)Nc1cc(C(F)(F)F)cc(C(F)(F)F)c1)c1cccnc1Oc1ccccc1. The lowest BCUT2D eigenvalue weighted by molar-refractivity contribution is -0.143. The number of carbonyl (C=O) groups excluding carboxylic acids is 1. The van der Waals surface area contributed by atoms with Gasteiger partial charge in [-0.25, -0.2) is 4.98 Å². The number of alkyl halides is 6. The molecule has 3 N–H and O–H groups in total. The lowest BCUT2D eigenvalue weighted by Crippen LogP contribution is -2.43. The number of halogens is 6. The first-order chi connectivity index (χ1) is 15.9.